The molecule has 0 saturated carbocycles. The molecule has 3 aromatic heterocycles. The molecule has 0 bridgehead atoms. The number of ether oxygens (including phenoxy) is 12. The smallest absolute Gasteiger partial charge is 0.187 e. The molecule has 5 fully saturated rings. The van der Waals surface area contributed by atoms with Gasteiger partial charge in [-0.2, -0.15) is 0 Å². The van der Waals surface area contributed by atoms with Gasteiger partial charge in [-0.15, -0.1) is 50.6 Å². The van der Waals surface area contributed by atoms with Crippen LogP contribution in [0.15, 0.2) is 18.6 Å². The van der Waals surface area contributed by atoms with E-state index in [9.17, 15) is 86.8 Å². The second-order valence-electron chi connectivity index (χ2n) is 21.9. The number of hydrogen-bond donors (Lipinski definition) is 17. The number of aromatic nitrogens is 9. The lowest BCUT2D eigenvalue weighted by Gasteiger charge is -2.46. The Kier molecular flexibility index (Phi) is 30.5. The monoisotopic (exact) mass is 1380 g/mol. The maximum Gasteiger partial charge on any atom is 0.187 e. The highest BCUT2D eigenvalue weighted by atomic mass is 32.2. The molecule has 0 radical (unpaired) electrons. The van der Waals surface area contributed by atoms with Crippen LogP contribution >= 0.6 is 35.3 Å². The summed E-state index contributed by atoms with van der Waals surface area (Å²) in [6, 6.07) is 0. The molecule has 92 heavy (non-hydrogen) atoms. The Morgan fingerprint density at radius 2 is 0.728 bits per heavy atom. The minimum Gasteiger partial charge on any atom is -0.394 e. The zero-order valence-corrected chi connectivity index (χ0v) is 52.0. The van der Waals surface area contributed by atoms with E-state index in [1.54, 1.807) is 0 Å². The molecule has 0 unspecified atom stereocenters. The standard InChI is InChI=1S/C51H85N9O29S3/c61-18-29-33(65)37(69)43(75)49(86-29)90-10-7-78-1-4-81-21-24-13-58(55-52-24)16-27-32(64)36(68)42(74)48(85-27)89-46-28(17-59-14-25(53-56-59)22-82-5-2-79-8-11-91-50-44(76)38(70)34(66)30(19-62)87-50)84-47(41(73)40(46)72)60-15-26(54-57-60)23-83-6-3-80-9-12-92-51-45(77)39(71)35(67)31(20-63)88-51/h13-15,27-51,61-77H,1-12,16-23H2/t27-,28-,29-,30-,31-,32-,33+,34+,35+,36+,37+,38+,39+,40-,41-,42-,43-,44-,45-,46-,47-,48-,49+,50+,51+/m1/s1. The first-order chi connectivity index (χ1) is 44.3. The van der Waals surface area contributed by atoms with Gasteiger partial charge in [0, 0.05) is 17.3 Å². The molecule has 3 aromatic rings. The molecule has 17 N–H and O–H groups in total. The summed E-state index contributed by atoms with van der Waals surface area (Å²) in [5.74, 6) is 1.03. The first-order valence-corrected chi connectivity index (χ1v) is 32.7. The zero-order chi connectivity index (χ0) is 66.0. The molecule has 25 atom stereocenters. The molecule has 5 saturated heterocycles. The molecule has 0 aliphatic carbocycles. The molecule has 8 heterocycles. The van der Waals surface area contributed by atoms with Gasteiger partial charge in [-0.25, -0.2) is 14.0 Å². The van der Waals surface area contributed by atoms with E-state index in [0.717, 1.165) is 40.0 Å². The van der Waals surface area contributed by atoms with Crippen molar-refractivity contribution in [2.45, 2.75) is 184 Å². The first kappa shape index (κ1) is 75.1. The Bertz CT molecular complexity index is 2560. The Morgan fingerprint density at radius 1 is 0.359 bits per heavy atom. The van der Waals surface area contributed by atoms with E-state index in [2.05, 4.69) is 30.9 Å². The summed E-state index contributed by atoms with van der Waals surface area (Å²) in [5.41, 5.74) is -1.68. The maximum absolute atomic E-state index is 11.9. The van der Waals surface area contributed by atoms with Crippen LogP contribution in [0.3, 0.4) is 0 Å². The van der Waals surface area contributed by atoms with Crippen LogP contribution in [0.2, 0.25) is 0 Å². The molecular formula is C51H85N9O29S3. The van der Waals surface area contributed by atoms with Crippen molar-refractivity contribution in [3.05, 3.63) is 35.7 Å². The summed E-state index contributed by atoms with van der Waals surface area (Å²) in [6.07, 6.45) is -28.0. The summed E-state index contributed by atoms with van der Waals surface area (Å²) in [5, 5.41) is 201. The molecule has 5 aliphatic rings. The van der Waals surface area contributed by atoms with Crippen LogP contribution in [0.1, 0.15) is 23.3 Å². The highest BCUT2D eigenvalue weighted by molar-refractivity contribution is 8.00. The molecule has 38 nitrogen and oxygen atoms in total. The Labute approximate surface area is 538 Å². The Hall–Kier alpha value is -2.69. The molecule has 0 spiro atoms. The predicted molar refractivity (Wildman–Crippen MR) is 308 cm³/mol. The molecule has 8 rings (SSSR count). The normalized spacial score (nSPS) is 37.1. The molecule has 526 valence electrons. The van der Waals surface area contributed by atoms with Crippen LogP contribution < -0.4 is 0 Å². The van der Waals surface area contributed by atoms with Gasteiger partial charge in [0.25, 0.3) is 0 Å². The quantitative estimate of drug-likeness (QED) is 0.0238. The van der Waals surface area contributed by atoms with Crippen molar-refractivity contribution in [1.82, 2.24) is 45.0 Å². The third kappa shape index (κ3) is 20.2. The minimum absolute atomic E-state index is 0.00741. The number of aliphatic hydroxyl groups is 17. The van der Waals surface area contributed by atoms with E-state index < -0.39 is 171 Å². The van der Waals surface area contributed by atoms with Crippen LogP contribution in [0.4, 0.5) is 0 Å². The average Bonchev–Trinajstić information content (AvgIpc) is 1.29. The fourth-order valence-corrected chi connectivity index (χ4v) is 13.2. The van der Waals surface area contributed by atoms with Crippen LogP contribution in [-0.4, -0.2) is 373 Å². The number of nitrogens with zero attached hydrogens (tertiary/aromatic N) is 9. The fourth-order valence-electron chi connectivity index (χ4n) is 10.1. The van der Waals surface area contributed by atoms with Crippen molar-refractivity contribution in [2.24, 2.45) is 0 Å². The molecule has 5 aliphatic heterocycles. The van der Waals surface area contributed by atoms with Gasteiger partial charge in [0.15, 0.2) is 12.5 Å². The van der Waals surface area contributed by atoms with E-state index in [0.29, 0.717) is 28.6 Å². The molecule has 41 heteroatoms. The van der Waals surface area contributed by atoms with E-state index in [-0.39, 0.29) is 98.1 Å². The Morgan fingerprint density at radius 3 is 1.15 bits per heavy atom. The van der Waals surface area contributed by atoms with Crippen LogP contribution in [0, 0.1) is 0 Å². The second kappa shape index (κ2) is 37.3. The second-order valence-corrected chi connectivity index (χ2v) is 25.5. The SMILES string of the molecule is OC[C@H]1O[C@@H](SCCOCCOCc2cn(C[C@H]3O[C@H](O[C@H]4[C@H](O)[C@@H](O)[C@H](n5cc(COCCOCCS[C@@H]6O[C@H](CO)[C@H](O)[C@H](O)[C@H]6O)nn5)O[C@@H]4Cn4cc(COCCOCCS[C@@H]5O[C@H](CO)[C@H](O)[C@H](O)[C@H]5O)nn4)[C@H](O)[C@@H](O)[C@@H]3O)nn2)[C@H](O)[C@@H](O)[C@H]1O. The maximum atomic E-state index is 11.9. The van der Waals surface area contributed by atoms with Gasteiger partial charge in [0.2, 0.25) is 0 Å². The van der Waals surface area contributed by atoms with E-state index in [1.165, 1.54) is 28.0 Å². The summed E-state index contributed by atoms with van der Waals surface area (Å²) in [7, 11) is 0. The number of thioether (sulfide) groups is 3. The summed E-state index contributed by atoms with van der Waals surface area (Å²) in [6.45, 7) is -0.717. The third-order valence-corrected chi connectivity index (χ3v) is 18.6. The fraction of sp³-hybridized carbons (Fsp3) is 0.882. The highest BCUT2D eigenvalue weighted by Crippen LogP contribution is 2.35. The van der Waals surface area contributed by atoms with Gasteiger partial charge in [0.05, 0.1) is 131 Å². The number of aliphatic hydroxyl groups excluding tert-OH is 17. The van der Waals surface area contributed by atoms with E-state index >= 15 is 0 Å². The number of rotatable bonds is 37. The molecule has 0 amide bonds. The molecule has 0 aromatic carbocycles. The Balaban J connectivity index is 0.820. The lowest BCUT2D eigenvalue weighted by atomic mass is 9.96. The van der Waals surface area contributed by atoms with Crippen LogP contribution in [0.25, 0.3) is 0 Å². The van der Waals surface area contributed by atoms with Crippen molar-refractivity contribution in [1.29, 1.82) is 0 Å². The summed E-state index contributed by atoms with van der Waals surface area (Å²) >= 11 is 3.42. The van der Waals surface area contributed by atoms with Gasteiger partial charge in [-0.3, -0.25) is 0 Å². The van der Waals surface area contributed by atoms with Gasteiger partial charge < -0.3 is 144 Å². The summed E-state index contributed by atoms with van der Waals surface area (Å²) in [4.78, 5) is 0. The van der Waals surface area contributed by atoms with Crippen molar-refractivity contribution < 1.29 is 144 Å². The predicted octanol–water partition coefficient (Wildman–Crippen LogP) is -10.1. The van der Waals surface area contributed by atoms with Crippen LogP contribution in [-0.2, 0) is 89.8 Å². The van der Waals surface area contributed by atoms with Gasteiger partial charge >= 0.3 is 0 Å². The van der Waals surface area contributed by atoms with Crippen molar-refractivity contribution in [2.75, 3.05) is 96.5 Å². The van der Waals surface area contributed by atoms with Gasteiger partial charge in [0.1, 0.15) is 155 Å². The number of hydrogen-bond acceptors (Lipinski definition) is 38. The van der Waals surface area contributed by atoms with E-state index in [4.69, 9.17) is 56.8 Å². The van der Waals surface area contributed by atoms with Crippen LogP contribution in [0.5, 0.6) is 0 Å². The molecular weight excluding hydrogens is 1300 g/mol. The van der Waals surface area contributed by atoms with Crippen molar-refractivity contribution >= 4 is 35.3 Å². The lowest BCUT2D eigenvalue weighted by molar-refractivity contribution is -0.345. The highest BCUT2D eigenvalue weighted by Gasteiger charge is 2.52. The largest absolute Gasteiger partial charge is 0.394 e. The van der Waals surface area contributed by atoms with Gasteiger partial charge in [-0.1, -0.05) is 15.6 Å². The van der Waals surface area contributed by atoms with E-state index in [1.807, 2.05) is 0 Å². The van der Waals surface area contributed by atoms with Crippen molar-refractivity contribution in [3.8, 4) is 0 Å². The lowest BCUT2D eigenvalue weighted by Crippen LogP contribution is -2.63. The topological polar surface area (TPSA) is 547 Å². The third-order valence-electron chi connectivity index (χ3n) is 15.3. The zero-order valence-electron chi connectivity index (χ0n) is 49.6. The summed E-state index contributed by atoms with van der Waals surface area (Å²) < 4.78 is 72.8. The first-order valence-electron chi connectivity index (χ1n) is 29.6. The minimum atomic E-state index is -1.91. The van der Waals surface area contributed by atoms with Crippen molar-refractivity contribution in [3.63, 3.8) is 0 Å². The average molecular weight is 1380 g/mol. The van der Waals surface area contributed by atoms with Gasteiger partial charge in [-0.05, 0) is 0 Å².